The summed E-state index contributed by atoms with van der Waals surface area (Å²) in [6.07, 6.45) is -2.99. The third-order valence-electron chi connectivity index (χ3n) is 9.48. The average molecular weight is 1050 g/mol. The van der Waals surface area contributed by atoms with Gasteiger partial charge in [0.1, 0.15) is 34.7 Å². The Morgan fingerprint density at radius 3 is 1.00 bits per heavy atom. The first-order chi connectivity index (χ1) is 32.9. The van der Waals surface area contributed by atoms with E-state index in [1.807, 2.05) is 0 Å². The molecule has 0 aliphatic rings. The number of benzene rings is 4. The molecule has 0 aliphatic heterocycles. The van der Waals surface area contributed by atoms with Gasteiger partial charge in [-0.1, -0.05) is 24.3 Å². The third-order valence-corrected chi connectivity index (χ3v) is 12.7. The molecule has 70 heavy (non-hydrogen) atoms. The lowest BCUT2D eigenvalue weighted by Crippen LogP contribution is -2.41. The van der Waals surface area contributed by atoms with Crippen molar-refractivity contribution >= 4 is 113 Å². The van der Waals surface area contributed by atoms with E-state index >= 15 is 0 Å². The second kappa shape index (κ2) is 22.0. The fourth-order valence-electron chi connectivity index (χ4n) is 6.43. The van der Waals surface area contributed by atoms with E-state index in [9.17, 15) is 63.9 Å². The van der Waals surface area contributed by atoms with Gasteiger partial charge in [-0.3, -0.25) is 18.9 Å². The number of nitrogens with zero attached hydrogens (tertiary/aromatic N) is 8. The number of aliphatic hydroxyl groups is 4. The zero-order valence-corrected chi connectivity index (χ0v) is 40.1. The monoisotopic (exact) mass is 1040 g/mol. The maximum absolute atomic E-state index is 12.8. The van der Waals surface area contributed by atoms with Gasteiger partial charge in [0.25, 0.3) is 20.2 Å². The molecule has 0 bridgehead atoms. The molecule has 0 saturated heterocycles. The standard InChI is InChI=1S/C40H44N12O14S4/c1-21(53)51(22(2)54)39-47-35(41-27-11-15-31(16-12-27)67(57)58)45-37(49-39)43-29-9-7-25(33(19-29)69(61,62)63)5-6-26-8-10-30(20-34(26)70(64,65)66)44-38-46-36(42-28-13-17-32(18-14-28)68(59)60)48-40(50-38)52(23(3)55)24(4)56/h5-24,53-56H,1-4H3,(H,57,58)(H,59,60)(H,61,62,63)(H,64,65,66)(H2,41,43,45,47,49)(H2,42,44,46,48,50). The largest absolute Gasteiger partial charge is 0.374 e. The Balaban J connectivity index is 1.32. The Morgan fingerprint density at radius 1 is 0.471 bits per heavy atom. The van der Waals surface area contributed by atoms with Crippen LogP contribution in [0.1, 0.15) is 38.8 Å². The van der Waals surface area contributed by atoms with E-state index in [1.54, 1.807) is 0 Å². The quantitative estimate of drug-likeness (QED) is 0.0224. The van der Waals surface area contributed by atoms with Gasteiger partial charge in [0.2, 0.25) is 35.7 Å². The highest BCUT2D eigenvalue weighted by atomic mass is 32.2. The van der Waals surface area contributed by atoms with Crippen LogP contribution in [0, 0.1) is 0 Å². The number of anilines is 10. The summed E-state index contributed by atoms with van der Waals surface area (Å²) in [6, 6.07) is 18.5. The van der Waals surface area contributed by atoms with Crippen molar-refractivity contribution in [3.8, 4) is 0 Å². The van der Waals surface area contributed by atoms with Crippen LogP contribution in [0.15, 0.2) is 105 Å². The molecule has 0 radical (unpaired) electrons. The SMILES string of the molecule is CC(O)N(c1nc(Nc2ccc(S(=O)O)cc2)nc(Nc2ccc(C=Cc3ccc(Nc4nc(Nc5ccc(S(=O)O)cc5)nc(N(C(C)O)C(C)O)n4)cc3S(=O)(=O)O)c(S(=O)(=O)O)c2)n1)C(C)O. The predicted molar refractivity (Wildman–Crippen MR) is 257 cm³/mol. The Kier molecular flexibility index (Phi) is 16.5. The first-order valence-electron chi connectivity index (χ1n) is 20.1. The van der Waals surface area contributed by atoms with Gasteiger partial charge in [-0.25, -0.2) is 8.42 Å². The van der Waals surface area contributed by atoms with E-state index in [1.165, 1.54) is 100 Å². The fraction of sp³-hybridized carbons (Fsp3) is 0.200. The van der Waals surface area contributed by atoms with Gasteiger partial charge in [-0.05, 0) is 112 Å². The Hall–Kier alpha value is -6.68. The minimum atomic E-state index is -5.01. The summed E-state index contributed by atoms with van der Waals surface area (Å²) in [5.41, 5.74) is 0.366. The van der Waals surface area contributed by atoms with Crippen LogP contribution < -0.4 is 31.1 Å². The van der Waals surface area contributed by atoms with Crippen LogP contribution in [-0.2, 0) is 42.4 Å². The van der Waals surface area contributed by atoms with Gasteiger partial charge in [0.15, 0.2) is 22.2 Å². The molecule has 2 aromatic heterocycles. The molecule has 0 fully saturated rings. The van der Waals surface area contributed by atoms with Crippen molar-refractivity contribution in [3.63, 3.8) is 0 Å². The number of hydrogen-bond acceptors (Lipinski definition) is 22. The number of aromatic nitrogens is 6. The molecule has 0 saturated carbocycles. The van der Waals surface area contributed by atoms with Crippen molar-refractivity contribution in [1.29, 1.82) is 0 Å². The van der Waals surface area contributed by atoms with Gasteiger partial charge < -0.3 is 50.8 Å². The summed E-state index contributed by atoms with van der Waals surface area (Å²) in [5.74, 6) is -1.29. The van der Waals surface area contributed by atoms with Gasteiger partial charge in [-0.15, -0.1) is 0 Å². The molecule has 26 nitrogen and oxygen atoms in total. The van der Waals surface area contributed by atoms with Gasteiger partial charge >= 0.3 is 0 Å². The van der Waals surface area contributed by atoms with Crippen LogP contribution in [0.3, 0.4) is 0 Å². The van der Waals surface area contributed by atoms with Crippen LogP contribution in [-0.4, -0.2) is 119 Å². The lowest BCUT2D eigenvalue weighted by Gasteiger charge is -2.28. The highest BCUT2D eigenvalue weighted by Crippen LogP contribution is 2.30. The summed E-state index contributed by atoms with van der Waals surface area (Å²) in [5, 5.41) is 53.0. The number of rotatable bonds is 20. The van der Waals surface area contributed by atoms with Gasteiger partial charge in [0, 0.05) is 22.7 Å². The zero-order valence-electron chi connectivity index (χ0n) is 36.8. The predicted octanol–water partition coefficient (Wildman–Crippen LogP) is 3.82. The van der Waals surface area contributed by atoms with Crippen LogP contribution in [0.4, 0.5) is 58.4 Å². The Bertz CT molecular complexity index is 2940. The molecular formula is C40H44N12O14S4. The lowest BCUT2D eigenvalue weighted by molar-refractivity contribution is 0.102. The maximum atomic E-state index is 12.8. The van der Waals surface area contributed by atoms with Crippen molar-refractivity contribution in [2.45, 2.75) is 72.2 Å². The van der Waals surface area contributed by atoms with Crippen LogP contribution >= 0.6 is 0 Å². The van der Waals surface area contributed by atoms with E-state index in [-0.39, 0.29) is 68.0 Å². The first-order valence-corrected chi connectivity index (χ1v) is 25.2. The molecule has 6 atom stereocenters. The van der Waals surface area contributed by atoms with Crippen molar-refractivity contribution < 1.29 is 63.9 Å². The van der Waals surface area contributed by atoms with Crippen molar-refractivity contribution in [1.82, 2.24) is 29.9 Å². The van der Waals surface area contributed by atoms with Gasteiger partial charge in [-0.2, -0.15) is 46.7 Å². The highest BCUT2D eigenvalue weighted by molar-refractivity contribution is 7.86. The molecule has 6 aromatic rings. The van der Waals surface area contributed by atoms with Crippen molar-refractivity contribution in [2.75, 3.05) is 31.1 Å². The second-order valence-electron chi connectivity index (χ2n) is 14.7. The van der Waals surface area contributed by atoms with Gasteiger partial charge in [0.05, 0.1) is 9.79 Å². The van der Waals surface area contributed by atoms with Crippen molar-refractivity contribution in [3.05, 3.63) is 96.1 Å². The fourth-order valence-corrected chi connectivity index (χ4v) is 8.59. The van der Waals surface area contributed by atoms with E-state index in [0.717, 1.165) is 34.1 Å². The van der Waals surface area contributed by atoms with Crippen LogP contribution in [0.5, 0.6) is 0 Å². The molecule has 30 heteroatoms. The second-order valence-corrected chi connectivity index (χ2v) is 19.5. The van der Waals surface area contributed by atoms with E-state index in [0.29, 0.717) is 11.4 Å². The first kappa shape index (κ1) is 52.7. The number of hydrogen-bond donors (Lipinski definition) is 12. The van der Waals surface area contributed by atoms with Crippen LogP contribution in [0.2, 0.25) is 0 Å². The summed E-state index contributed by atoms with van der Waals surface area (Å²) >= 11 is -4.49. The Labute approximate surface area is 404 Å². The molecule has 0 amide bonds. The molecule has 2 heterocycles. The normalized spacial score (nSPS) is 14.5. The number of aliphatic hydroxyl groups excluding tert-OH is 4. The van der Waals surface area contributed by atoms with E-state index in [2.05, 4.69) is 51.2 Å². The van der Waals surface area contributed by atoms with E-state index < -0.39 is 77.1 Å². The molecular weight excluding hydrogens is 1000 g/mol. The molecule has 6 unspecified atom stereocenters. The lowest BCUT2D eigenvalue weighted by atomic mass is 10.1. The summed E-state index contributed by atoms with van der Waals surface area (Å²) in [6.45, 7) is 5.35. The summed E-state index contributed by atoms with van der Waals surface area (Å²) < 4.78 is 113. The van der Waals surface area contributed by atoms with Crippen molar-refractivity contribution in [2.24, 2.45) is 0 Å². The topological polar surface area (TPSA) is 396 Å². The molecule has 6 rings (SSSR count). The summed E-state index contributed by atoms with van der Waals surface area (Å²) in [4.78, 5) is 26.5. The molecule has 372 valence electrons. The Morgan fingerprint density at radius 2 is 0.743 bits per heavy atom. The van der Waals surface area contributed by atoms with E-state index in [4.69, 9.17) is 0 Å². The minimum absolute atomic E-state index is 0.0144. The molecule has 12 N–H and O–H groups in total. The minimum Gasteiger partial charge on any atom is -0.374 e. The summed E-state index contributed by atoms with van der Waals surface area (Å²) in [7, 11) is -10.0. The average Bonchev–Trinajstić information content (AvgIpc) is 3.25. The van der Waals surface area contributed by atoms with Crippen LogP contribution in [0.25, 0.3) is 12.2 Å². The number of nitrogens with one attached hydrogen (secondary N) is 4. The molecule has 4 aromatic carbocycles. The smallest absolute Gasteiger partial charge is 0.295 e. The molecule has 0 aliphatic carbocycles. The maximum Gasteiger partial charge on any atom is 0.295 e. The molecule has 0 spiro atoms. The highest BCUT2D eigenvalue weighted by Gasteiger charge is 2.25. The third kappa shape index (κ3) is 13.5. The zero-order chi connectivity index (χ0) is 51.2.